The van der Waals surface area contributed by atoms with E-state index in [0.717, 1.165) is 0 Å². The molecule has 86 valence electrons. The van der Waals surface area contributed by atoms with E-state index >= 15 is 0 Å². The molecule has 0 fully saturated rings. The van der Waals surface area contributed by atoms with Crippen LogP contribution in [0.5, 0.6) is 0 Å². The second-order valence-corrected chi connectivity index (χ2v) is 9.21. The van der Waals surface area contributed by atoms with Crippen LogP contribution in [0.1, 0.15) is 67.7 Å². The summed E-state index contributed by atoms with van der Waals surface area (Å²) in [5, 5.41) is 1.12. The molecule has 0 aliphatic rings. The third-order valence-electron chi connectivity index (χ3n) is 3.64. The fraction of sp³-hybridized carbons (Fsp3) is 1.00. The molecule has 0 N–H and O–H groups in total. The van der Waals surface area contributed by atoms with E-state index in [4.69, 9.17) is 0 Å². The summed E-state index contributed by atoms with van der Waals surface area (Å²) in [6.45, 7) is 16.9. The fourth-order valence-electron chi connectivity index (χ4n) is 2.03. The summed E-state index contributed by atoms with van der Waals surface area (Å²) in [4.78, 5) is 0. The Bertz CT molecular complexity index is 143. The molecule has 0 heterocycles. The summed E-state index contributed by atoms with van der Waals surface area (Å²) in [5.41, 5.74) is 0. The first-order valence-electron chi connectivity index (χ1n) is 6.09. The zero-order chi connectivity index (χ0) is 11.4. The third kappa shape index (κ3) is 3.54. The minimum Gasteiger partial charge on any atom is -0.0951 e. The van der Waals surface area contributed by atoms with Gasteiger partial charge in [-0.05, 0) is 29.3 Å². The molecule has 0 saturated carbocycles. The minimum absolute atomic E-state index is 0.153. The van der Waals surface area contributed by atoms with Gasteiger partial charge in [-0.25, -0.2) is 0 Å². The van der Waals surface area contributed by atoms with Crippen molar-refractivity contribution in [1.82, 2.24) is 0 Å². The zero-order valence-electron chi connectivity index (χ0n) is 11.3. The maximum absolute atomic E-state index is 2.46. The average Bonchev–Trinajstić information content (AvgIpc) is 2.13. The Morgan fingerprint density at radius 3 is 1.36 bits per heavy atom. The van der Waals surface area contributed by atoms with E-state index in [1.807, 2.05) is 0 Å². The van der Waals surface area contributed by atoms with Crippen molar-refractivity contribution in [1.29, 1.82) is 0 Å². The van der Waals surface area contributed by atoms with Gasteiger partial charge in [-0.3, -0.25) is 0 Å². The fourth-order valence-corrected chi connectivity index (χ4v) is 6.09. The summed E-state index contributed by atoms with van der Waals surface area (Å²) < 4.78 is 0. The van der Waals surface area contributed by atoms with E-state index < -0.39 is 0 Å². The van der Waals surface area contributed by atoms with Gasteiger partial charge in [-0.15, -0.1) is 0 Å². The first-order chi connectivity index (χ1) is 6.31. The van der Waals surface area contributed by atoms with E-state index in [1.54, 1.807) is 0 Å². The number of hydrogen-bond acceptors (Lipinski definition) is 0. The van der Waals surface area contributed by atoms with Gasteiger partial charge >= 0.3 is 0 Å². The maximum Gasteiger partial charge on any atom is -0.0149 e. The molecule has 0 nitrogen and oxygen atoms in total. The highest BCUT2D eigenvalue weighted by Crippen LogP contribution is 2.62. The van der Waals surface area contributed by atoms with Crippen LogP contribution in [0.2, 0.25) is 0 Å². The van der Waals surface area contributed by atoms with Crippen molar-refractivity contribution >= 4 is 7.92 Å². The molecule has 14 heavy (non-hydrogen) atoms. The molecule has 0 aromatic rings. The van der Waals surface area contributed by atoms with Crippen LogP contribution < -0.4 is 0 Å². The highest BCUT2D eigenvalue weighted by Gasteiger charge is 2.36. The van der Waals surface area contributed by atoms with Crippen molar-refractivity contribution < 1.29 is 0 Å². The van der Waals surface area contributed by atoms with Gasteiger partial charge in [0.05, 0.1) is 0 Å². The van der Waals surface area contributed by atoms with E-state index in [1.165, 1.54) is 25.4 Å². The molecule has 0 aliphatic heterocycles. The molecular weight excluding hydrogens is 187 g/mol. The van der Waals surface area contributed by atoms with Crippen molar-refractivity contribution in [2.75, 3.05) is 6.16 Å². The lowest BCUT2D eigenvalue weighted by molar-refractivity contribution is 0.601. The number of hydrogen-bond donors (Lipinski definition) is 0. The molecule has 0 aliphatic carbocycles. The molecular formula is C13H29P. The van der Waals surface area contributed by atoms with E-state index in [2.05, 4.69) is 48.5 Å². The Labute approximate surface area is 92.6 Å². The predicted octanol–water partition coefficient (Wildman–Crippen LogP) is 5.26. The Morgan fingerprint density at radius 2 is 1.14 bits per heavy atom. The molecule has 0 aromatic heterocycles. The molecule has 0 unspecified atom stereocenters. The summed E-state index contributed by atoms with van der Waals surface area (Å²) in [6, 6.07) is 0. The predicted molar refractivity (Wildman–Crippen MR) is 70.8 cm³/mol. The van der Waals surface area contributed by atoms with Crippen LogP contribution in [-0.2, 0) is 0 Å². The summed E-state index contributed by atoms with van der Waals surface area (Å²) >= 11 is 0. The molecule has 0 bridgehead atoms. The molecule has 0 spiro atoms. The van der Waals surface area contributed by atoms with Gasteiger partial charge in [-0.1, -0.05) is 62.8 Å². The molecule has 0 rings (SSSR count). The second-order valence-electron chi connectivity index (χ2n) is 5.48. The van der Waals surface area contributed by atoms with Gasteiger partial charge in [0.1, 0.15) is 0 Å². The van der Waals surface area contributed by atoms with E-state index in [0.29, 0.717) is 10.3 Å². The topological polar surface area (TPSA) is 0 Å². The monoisotopic (exact) mass is 216 g/mol. The minimum atomic E-state index is 0.153. The first-order valence-corrected chi connectivity index (χ1v) is 7.62. The Balaban J connectivity index is 4.75. The molecule has 0 radical (unpaired) electrons. The standard InChI is InChI=1S/C13H29P/c1-8-11-14(12(4,5)9-2)13(6,7)10-3/h8-11H2,1-7H3. The van der Waals surface area contributed by atoms with Crippen LogP contribution in [0.15, 0.2) is 0 Å². The third-order valence-corrected chi connectivity index (χ3v) is 8.09. The van der Waals surface area contributed by atoms with Gasteiger partial charge in [0.15, 0.2) is 0 Å². The first kappa shape index (κ1) is 14.4. The van der Waals surface area contributed by atoms with Gasteiger partial charge in [0.25, 0.3) is 0 Å². The molecule has 0 aromatic carbocycles. The van der Waals surface area contributed by atoms with Crippen LogP contribution in [0.25, 0.3) is 0 Å². The van der Waals surface area contributed by atoms with Crippen LogP contribution >= 0.6 is 7.92 Å². The normalized spacial score (nSPS) is 13.7. The molecule has 1 heteroatoms. The average molecular weight is 216 g/mol. The van der Waals surface area contributed by atoms with Gasteiger partial charge in [0.2, 0.25) is 0 Å². The van der Waals surface area contributed by atoms with Crippen molar-refractivity contribution in [2.45, 2.75) is 78.0 Å². The summed E-state index contributed by atoms with van der Waals surface area (Å²) in [5.74, 6) is 0. The van der Waals surface area contributed by atoms with Gasteiger partial charge in [0, 0.05) is 0 Å². The Morgan fingerprint density at radius 1 is 0.786 bits per heavy atom. The smallest absolute Gasteiger partial charge is 0.0149 e. The maximum atomic E-state index is 2.46. The van der Waals surface area contributed by atoms with Crippen LogP contribution in [0.4, 0.5) is 0 Å². The molecule has 0 amide bonds. The van der Waals surface area contributed by atoms with Crippen LogP contribution in [0.3, 0.4) is 0 Å². The summed E-state index contributed by atoms with van der Waals surface area (Å²) in [7, 11) is 0.153. The Hall–Kier alpha value is 0.430. The lowest BCUT2D eigenvalue weighted by Crippen LogP contribution is -2.30. The van der Waals surface area contributed by atoms with Crippen molar-refractivity contribution in [3.8, 4) is 0 Å². The molecule has 0 atom stereocenters. The van der Waals surface area contributed by atoms with E-state index in [9.17, 15) is 0 Å². The van der Waals surface area contributed by atoms with Gasteiger partial charge < -0.3 is 0 Å². The van der Waals surface area contributed by atoms with Crippen LogP contribution in [-0.4, -0.2) is 16.5 Å². The lowest BCUT2D eigenvalue weighted by Gasteiger charge is -2.45. The van der Waals surface area contributed by atoms with Crippen LogP contribution in [0, 0.1) is 0 Å². The largest absolute Gasteiger partial charge is 0.0951 e. The van der Waals surface area contributed by atoms with Crippen molar-refractivity contribution in [2.24, 2.45) is 0 Å². The highest BCUT2D eigenvalue weighted by atomic mass is 31.1. The SMILES string of the molecule is CCCP(C(C)(C)CC)C(C)(C)CC. The van der Waals surface area contributed by atoms with Crippen molar-refractivity contribution in [3.63, 3.8) is 0 Å². The zero-order valence-corrected chi connectivity index (χ0v) is 12.2. The second kappa shape index (κ2) is 5.50. The highest BCUT2D eigenvalue weighted by molar-refractivity contribution is 7.60. The van der Waals surface area contributed by atoms with Gasteiger partial charge in [-0.2, -0.15) is 0 Å². The molecule has 0 saturated heterocycles. The Kier molecular flexibility index (Phi) is 5.67. The van der Waals surface area contributed by atoms with E-state index in [-0.39, 0.29) is 7.92 Å². The number of rotatable bonds is 6. The van der Waals surface area contributed by atoms with Crippen molar-refractivity contribution in [3.05, 3.63) is 0 Å². The quantitative estimate of drug-likeness (QED) is 0.531. The lowest BCUT2D eigenvalue weighted by atomic mass is 10.1. The summed E-state index contributed by atoms with van der Waals surface area (Å²) in [6.07, 6.45) is 5.43.